The molecule has 2 aliphatic heterocycles. The van der Waals surface area contributed by atoms with Crippen LogP contribution in [-0.4, -0.2) is 51.9 Å². The van der Waals surface area contributed by atoms with Gasteiger partial charge in [0.2, 0.25) is 5.91 Å². The average molecular weight is 502 g/mol. The molecule has 1 aromatic carbocycles. The van der Waals surface area contributed by atoms with E-state index in [1.807, 2.05) is 17.0 Å². The lowest BCUT2D eigenvalue weighted by Gasteiger charge is -2.27. The number of halogens is 2. The minimum Gasteiger partial charge on any atom is -0.340 e. The molecule has 5 rings (SSSR count). The van der Waals surface area contributed by atoms with Crippen molar-refractivity contribution in [3.05, 3.63) is 57.2 Å². The molecule has 6 nitrogen and oxygen atoms in total. The number of hydrogen-bond acceptors (Lipinski definition) is 6. The van der Waals surface area contributed by atoms with Crippen molar-refractivity contribution in [2.24, 2.45) is 0 Å². The summed E-state index contributed by atoms with van der Waals surface area (Å²) in [7, 11) is 0. The van der Waals surface area contributed by atoms with Crippen LogP contribution in [0.5, 0.6) is 0 Å². The standard InChI is InChI=1S/C24H25Cl2N5OS/c25-18-7-6-16(13-19(18)26)29-23-22-17-8-12-31(14-20(17)33-24(22)28-15-27-23)21(32)5-4-11-30-9-2-1-3-10-30/h4-7,13,15H,1-3,8-12,14H2,(H,27,28,29)/b5-4+. The number of thiophene rings is 1. The Hall–Kier alpha value is -2.19. The highest BCUT2D eigenvalue weighted by Gasteiger charge is 2.25. The molecular formula is C24H25Cl2N5OS. The van der Waals surface area contributed by atoms with Crippen LogP contribution in [0.4, 0.5) is 11.5 Å². The number of carbonyl (C=O) groups excluding carboxylic acids is 1. The number of aromatic nitrogens is 2. The number of nitrogens with one attached hydrogen (secondary N) is 1. The fourth-order valence-corrected chi connectivity index (χ4v) is 5.97. The highest BCUT2D eigenvalue weighted by Crippen LogP contribution is 2.38. The Kier molecular flexibility index (Phi) is 6.83. The minimum atomic E-state index is 0.0790. The third-order valence-corrected chi connectivity index (χ3v) is 8.07. The van der Waals surface area contributed by atoms with Crippen molar-refractivity contribution in [1.82, 2.24) is 19.8 Å². The summed E-state index contributed by atoms with van der Waals surface area (Å²) in [5.41, 5.74) is 2.04. The van der Waals surface area contributed by atoms with Crippen LogP contribution in [-0.2, 0) is 17.8 Å². The van der Waals surface area contributed by atoms with Gasteiger partial charge in [-0.15, -0.1) is 11.3 Å². The van der Waals surface area contributed by atoms with Crippen LogP contribution in [0.1, 0.15) is 29.7 Å². The highest BCUT2D eigenvalue weighted by molar-refractivity contribution is 7.19. The summed E-state index contributed by atoms with van der Waals surface area (Å²) in [6, 6.07) is 5.42. The number of carbonyl (C=O) groups is 1. The number of anilines is 2. The summed E-state index contributed by atoms with van der Waals surface area (Å²) >= 11 is 13.8. The van der Waals surface area contributed by atoms with E-state index in [-0.39, 0.29) is 5.91 Å². The van der Waals surface area contributed by atoms with Crippen molar-refractivity contribution in [3.63, 3.8) is 0 Å². The van der Waals surface area contributed by atoms with E-state index in [1.165, 1.54) is 29.7 Å². The van der Waals surface area contributed by atoms with E-state index in [0.717, 1.165) is 47.8 Å². The van der Waals surface area contributed by atoms with Gasteiger partial charge in [-0.05, 0) is 56.1 Å². The molecular weight excluding hydrogens is 477 g/mol. The third kappa shape index (κ3) is 5.01. The first-order chi connectivity index (χ1) is 16.1. The normalized spacial score (nSPS) is 17.0. The smallest absolute Gasteiger partial charge is 0.246 e. The average Bonchev–Trinajstić information content (AvgIpc) is 3.21. The molecule has 0 aliphatic carbocycles. The van der Waals surface area contributed by atoms with E-state index in [0.29, 0.717) is 23.1 Å². The first-order valence-corrected chi connectivity index (χ1v) is 12.8. The predicted octanol–water partition coefficient (Wildman–Crippen LogP) is 5.67. The van der Waals surface area contributed by atoms with E-state index >= 15 is 0 Å². The van der Waals surface area contributed by atoms with Crippen molar-refractivity contribution in [3.8, 4) is 0 Å². The lowest BCUT2D eigenvalue weighted by atomic mass is 10.0. The maximum absolute atomic E-state index is 12.8. The molecule has 0 bridgehead atoms. The number of amides is 1. The largest absolute Gasteiger partial charge is 0.340 e. The summed E-state index contributed by atoms with van der Waals surface area (Å²) in [5, 5.41) is 5.38. The molecule has 172 valence electrons. The molecule has 9 heteroatoms. The van der Waals surface area contributed by atoms with E-state index in [1.54, 1.807) is 35.9 Å². The van der Waals surface area contributed by atoms with Gasteiger partial charge in [0.1, 0.15) is 17.0 Å². The van der Waals surface area contributed by atoms with E-state index in [4.69, 9.17) is 23.2 Å². The third-order valence-electron chi connectivity index (χ3n) is 6.20. The number of piperidine rings is 1. The zero-order chi connectivity index (χ0) is 22.8. The van der Waals surface area contributed by atoms with Crippen LogP contribution in [0.3, 0.4) is 0 Å². The van der Waals surface area contributed by atoms with Crippen molar-refractivity contribution in [2.75, 3.05) is 31.5 Å². The topological polar surface area (TPSA) is 61.4 Å². The van der Waals surface area contributed by atoms with Gasteiger partial charge in [0.25, 0.3) is 0 Å². The van der Waals surface area contributed by atoms with Gasteiger partial charge >= 0.3 is 0 Å². The maximum atomic E-state index is 12.8. The highest BCUT2D eigenvalue weighted by atomic mass is 35.5. The predicted molar refractivity (Wildman–Crippen MR) is 136 cm³/mol. The quantitative estimate of drug-likeness (QED) is 0.456. The monoisotopic (exact) mass is 501 g/mol. The van der Waals surface area contributed by atoms with Crippen LogP contribution in [0.25, 0.3) is 10.2 Å². The zero-order valence-corrected chi connectivity index (χ0v) is 20.5. The molecule has 0 unspecified atom stereocenters. The Morgan fingerprint density at radius 2 is 1.97 bits per heavy atom. The molecule has 0 spiro atoms. The molecule has 4 heterocycles. The fourth-order valence-electron chi connectivity index (χ4n) is 4.47. The number of nitrogens with zero attached hydrogens (tertiary/aromatic N) is 4. The lowest BCUT2D eigenvalue weighted by Crippen LogP contribution is -2.34. The Morgan fingerprint density at radius 3 is 2.79 bits per heavy atom. The minimum absolute atomic E-state index is 0.0790. The summed E-state index contributed by atoms with van der Waals surface area (Å²) in [4.78, 5) is 28.2. The summed E-state index contributed by atoms with van der Waals surface area (Å²) in [6.45, 7) is 4.41. The van der Waals surface area contributed by atoms with Crippen molar-refractivity contribution < 1.29 is 4.79 Å². The van der Waals surface area contributed by atoms with Gasteiger partial charge in [-0.25, -0.2) is 9.97 Å². The van der Waals surface area contributed by atoms with Crippen LogP contribution in [0.15, 0.2) is 36.7 Å². The zero-order valence-electron chi connectivity index (χ0n) is 18.2. The van der Waals surface area contributed by atoms with Gasteiger partial charge in [0.15, 0.2) is 0 Å². The Bertz CT molecular complexity index is 1210. The second-order valence-corrected chi connectivity index (χ2v) is 10.3. The first-order valence-electron chi connectivity index (χ1n) is 11.2. The number of likely N-dealkylation sites (tertiary alicyclic amines) is 1. The van der Waals surface area contributed by atoms with E-state index < -0.39 is 0 Å². The van der Waals surface area contributed by atoms with E-state index in [2.05, 4.69) is 20.2 Å². The molecule has 0 saturated carbocycles. The number of hydrogen-bond donors (Lipinski definition) is 1. The first kappa shape index (κ1) is 22.6. The molecule has 3 aromatic rings. The number of benzene rings is 1. The molecule has 0 radical (unpaired) electrons. The Labute approximate surface area is 207 Å². The summed E-state index contributed by atoms with van der Waals surface area (Å²) in [6.07, 6.45) is 9.93. The number of rotatable bonds is 5. The maximum Gasteiger partial charge on any atom is 0.246 e. The van der Waals surface area contributed by atoms with Gasteiger partial charge in [0, 0.05) is 29.7 Å². The Balaban J connectivity index is 1.31. The van der Waals surface area contributed by atoms with Gasteiger partial charge in [-0.3, -0.25) is 9.69 Å². The van der Waals surface area contributed by atoms with Gasteiger partial charge in [-0.1, -0.05) is 35.7 Å². The molecule has 33 heavy (non-hydrogen) atoms. The second-order valence-electron chi connectivity index (χ2n) is 8.43. The summed E-state index contributed by atoms with van der Waals surface area (Å²) < 4.78 is 0. The van der Waals surface area contributed by atoms with Crippen LogP contribution < -0.4 is 5.32 Å². The second kappa shape index (κ2) is 9.97. The van der Waals surface area contributed by atoms with Crippen molar-refractivity contribution in [2.45, 2.75) is 32.2 Å². The molecule has 0 atom stereocenters. The van der Waals surface area contributed by atoms with Gasteiger partial charge < -0.3 is 10.2 Å². The van der Waals surface area contributed by atoms with Crippen molar-refractivity contribution in [1.29, 1.82) is 0 Å². The number of fused-ring (bicyclic) bond motifs is 3. The van der Waals surface area contributed by atoms with Crippen LogP contribution in [0.2, 0.25) is 10.0 Å². The molecule has 2 aliphatic rings. The molecule has 1 amide bonds. The van der Waals surface area contributed by atoms with Crippen LogP contribution in [0, 0.1) is 0 Å². The summed E-state index contributed by atoms with van der Waals surface area (Å²) in [5.74, 6) is 0.826. The molecule has 1 fully saturated rings. The van der Waals surface area contributed by atoms with E-state index in [9.17, 15) is 4.79 Å². The lowest BCUT2D eigenvalue weighted by molar-refractivity contribution is -0.126. The molecule has 1 saturated heterocycles. The SMILES string of the molecule is O=C(/C=C/CN1CCCCC1)N1CCc2c(sc3ncnc(Nc4ccc(Cl)c(Cl)c4)c23)C1. The van der Waals surface area contributed by atoms with Gasteiger partial charge in [-0.2, -0.15) is 0 Å². The fraction of sp³-hybridized carbons (Fsp3) is 0.375. The molecule has 2 aromatic heterocycles. The van der Waals surface area contributed by atoms with Crippen molar-refractivity contribution >= 4 is 62.2 Å². The molecule has 1 N–H and O–H groups in total. The van der Waals surface area contributed by atoms with Crippen LogP contribution >= 0.6 is 34.5 Å². The Morgan fingerprint density at radius 1 is 1.12 bits per heavy atom. The van der Waals surface area contributed by atoms with Gasteiger partial charge in [0.05, 0.1) is 22.0 Å².